The molecule has 0 aliphatic heterocycles. The SMILES string of the molecule is CC.Cc1csc2c1CC(N(C)C(=O)OC(C)(C)C)CC2. The molecule has 1 aliphatic rings. The van der Waals surface area contributed by atoms with Gasteiger partial charge in [0, 0.05) is 18.0 Å². The van der Waals surface area contributed by atoms with Crippen LogP contribution in [0.15, 0.2) is 5.38 Å². The summed E-state index contributed by atoms with van der Waals surface area (Å²) >= 11 is 1.85. The maximum absolute atomic E-state index is 12.1. The number of ether oxygens (including phenoxy) is 1. The van der Waals surface area contributed by atoms with Gasteiger partial charge in [0.05, 0.1) is 0 Å². The lowest BCUT2D eigenvalue weighted by molar-refractivity contribution is 0.0210. The summed E-state index contributed by atoms with van der Waals surface area (Å²) in [7, 11) is 1.85. The van der Waals surface area contributed by atoms with E-state index in [2.05, 4.69) is 12.3 Å². The summed E-state index contributed by atoms with van der Waals surface area (Å²) in [4.78, 5) is 15.4. The Morgan fingerprint density at radius 2 is 2.00 bits per heavy atom. The molecule has 1 unspecified atom stereocenters. The van der Waals surface area contributed by atoms with Crippen LogP contribution in [0.4, 0.5) is 4.79 Å². The average molecular weight is 311 g/mol. The average Bonchev–Trinajstić information content (AvgIpc) is 2.79. The molecular weight excluding hydrogens is 282 g/mol. The Morgan fingerprint density at radius 1 is 1.38 bits per heavy atom. The van der Waals surface area contributed by atoms with Gasteiger partial charge in [0.25, 0.3) is 0 Å². The van der Waals surface area contributed by atoms with E-state index in [0.29, 0.717) is 0 Å². The molecule has 21 heavy (non-hydrogen) atoms. The van der Waals surface area contributed by atoms with Crippen LogP contribution in [0.2, 0.25) is 0 Å². The predicted molar refractivity (Wildman–Crippen MR) is 90.2 cm³/mol. The zero-order chi connectivity index (χ0) is 16.2. The van der Waals surface area contributed by atoms with Crippen LogP contribution >= 0.6 is 11.3 Å². The molecule has 2 rings (SSSR count). The van der Waals surface area contributed by atoms with Crippen molar-refractivity contribution in [3.63, 3.8) is 0 Å². The van der Waals surface area contributed by atoms with Gasteiger partial charge in [-0.25, -0.2) is 4.79 Å². The first kappa shape index (κ1) is 18.0. The van der Waals surface area contributed by atoms with Crippen LogP contribution in [0.25, 0.3) is 0 Å². The molecule has 0 spiro atoms. The summed E-state index contributed by atoms with van der Waals surface area (Å²) in [5.74, 6) is 0. The number of hydrogen-bond donors (Lipinski definition) is 0. The Hall–Kier alpha value is -1.03. The second kappa shape index (κ2) is 7.30. The monoisotopic (exact) mass is 311 g/mol. The van der Waals surface area contributed by atoms with Gasteiger partial charge in [-0.3, -0.25) is 0 Å². The third kappa shape index (κ3) is 4.73. The van der Waals surface area contributed by atoms with Gasteiger partial charge in [-0.15, -0.1) is 11.3 Å². The maximum atomic E-state index is 12.1. The maximum Gasteiger partial charge on any atom is 0.410 e. The lowest BCUT2D eigenvalue weighted by Gasteiger charge is -2.33. The second-order valence-electron chi connectivity index (χ2n) is 6.31. The van der Waals surface area contributed by atoms with Gasteiger partial charge in [-0.05, 0) is 63.5 Å². The van der Waals surface area contributed by atoms with Crippen LogP contribution in [0, 0.1) is 6.92 Å². The number of rotatable bonds is 1. The Bertz CT molecular complexity index is 474. The smallest absolute Gasteiger partial charge is 0.410 e. The molecule has 1 atom stereocenters. The molecular formula is C17H29NO2S. The molecule has 3 nitrogen and oxygen atoms in total. The molecule has 1 aromatic rings. The molecule has 0 saturated carbocycles. The van der Waals surface area contributed by atoms with Crippen molar-refractivity contribution in [1.82, 2.24) is 4.90 Å². The first-order valence-electron chi connectivity index (χ1n) is 7.79. The summed E-state index contributed by atoms with van der Waals surface area (Å²) in [5.41, 5.74) is 2.38. The molecule has 0 aromatic carbocycles. The van der Waals surface area contributed by atoms with Crippen molar-refractivity contribution in [2.45, 2.75) is 72.4 Å². The van der Waals surface area contributed by atoms with E-state index in [1.54, 1.807) is 4.90 Å². The van der Waals surface area contributed by atoms with Gasteiger partial charge in [0.2, 0.25) is 0 Å². The van der Waals surface area contributed by atoms with Crippen LogP contribution in [0.1, 0.15) is 57.0 Å². The molecule has 1 aliphatic carbocycles. The van der Waals surface area contributed by atoms with E-state index in [-0.39, 0.29) is 12.1 Å². The molecule has 4 heteroatoms. The normalized spacial score (nSPS) is 17.4. The Morgan fingerprint density at radius 3 is 2.57 bits per heavy atom. The van der Waals surface area contributed by atoms with Gasteiger partial charge in [0.1, 0.15) is 5.60 Å². The topological polar surface area (TPSA) is 29.5 Å². The van der Waals surface area contributed by atoms with Gasteiger partial charge in [-0.2, -0.15) is 0 Å². The number of hydrogen-bond acceptors (Lipinski definition) is 3. The molecule has 1 amide bonds. The van der Waals surface area contributed by atoms with Crippen LogP contribution in [-0.4, -0.2) is 29.7 Å². The molecule has 0 N–H and O–H groups in total. The number of amides is 1. The first-order valence-corrected chi connectivity index (χ1v) is 8.67. The Kier molecular flexibility index (Phi) is 6.26. The molecule has 120 valence electrons. The van der Waals surface area contributed by atoms with Crippen LogP contribution in [-0.2, 0) is 17.6 Å². The lowest BCUT2D eigenvalue weighted by Crippen LogP contribution is -2.43. The fraction of sp³-hybridized carbons (Fsp3) is 0.706. The minimum Gasteiger partial charge on any atom is -0.444 e. The number of nitrogens with zero attached hydrogens (tertiary/aromatic N) is 1. The van der Waals surface area contributed by atoms with E-state index in [0.717, 1.165) is 19.3 Å². The third-order valence-electron chi connectivity index (χ3n) is 3.56. The van der Waals surface area contributed by atoms with E-state index in [1.165, 1.54) is 16.0 Å². The molecule has 0 fully saturated rings. The second-order valence-corrected chi connectivity index (χ2v) is 7.27. The molecule has 1 heterocycles. The van der Waals surface area contributed by atoms with E-state index >= 15 is 0 Å². The van der Waals surface area contributed by atoms with Crippen molar-refractivity contribution in [2.75, 3.05) is 7.05 Å². The quantitative estimate of drug-likeness (QED) is 0.745. The summed E-state index contributed by atoms with van der Waals surface area (Å²) in [6, 6.07) is 0.260. The van der Waals surface area contributed by atoms with Crippen molar-refractivity contribution in [3.05, 3.63) is 21.4 Å². The summed E-state index contributed by atoms with van der Waals surface area (Å²) in [6.45, 7) is 11.9. The van der Waals surface area contributed by atoms with E-state index in [1.807, 2.05) is 53.0 Å². The highest BCUT2D eigenvalue weighted by molar-refractivity contribution is 7.10. The number of aryl methyl sites for hydroxylation is 2. The number of thiophene rings is 1. The third-order valence-corrected chi connectivity index (χ3v) is 4.77. The fourth-order valence-corrected chi connectivity index (χ4v) is 3.54. The summed E-state index contributed by atoms with van der Waals surface area (Å²) < 4.78 is 5.44. The number of carbonyl (C=O) groups excluding carboxylic acids is 1. The standard InChI is InChI=1S/C15H23NO2S.C2H6/c1-10-9-19-13-7-6-11(8-12(10)13)16(5)14(17)18-15(2,3)4;1-2/h9,11H,6-8H2,1-5H3;1-2H3. The Balaban J connectivity index is 0.00000106. The molecule has 0 saturated heterocycles. The van der Waals surface area contributed by atoms with Crippen LogP contribution in [0.3, 0.4) is 0 Å². The van der Waals surface area contributed by atoms with Gasteiger partial charge < -0.3 is 9.64 Å². The number of likely N-dealkylation sites (N-methyl/N-ethyl adjacent to an activating group) is 1. The number of fused-ring (bicyclic) bond motifs is 1. The minimum absolute atomic E-state index is 0.214. The minimum atomic E-state index is -0.427. The van der Waals surface area contributed by atoms with Crippen molar-refractivity contribution in [2.24, 2.45) is 0 Å². The highest BCUT2D eigenvalue weighted by atomic mass is 32.1. The molecule has 0 radical (unpaired) electrons. The van der Waals surface area contributed by atoms with Crippen molar-refractivity contribution in [1.29, 1.82) is 0 Å². The fourth-order valence-electron chi connectivity index (χ4n) is 2.46. The molecule has 0 bridgehead atoms. The lowest BCUT2D eigenvalue weighted by atomic mass is 9.91. The van der Waals surface area contributed by atoms with Gasteiger partial charge in [-0.1, -0.05) is 13.8 Å². The van der Waals surface area contributed by atoms with Crippen molar-refractivity contribution >= 4 is 17.4 Å². The highest BCUT2D eigenvalue weighted by Crippen LogP contribution is 2.31. The predicted octanol–water partition coefficient (Wildman–Crippen LogP) is 4.81. The first-order chi connectivity index (χ1) is 9.78. The Labute approximate surface area is 133 Å². The van der Waals surface area contributed by atoms with E-state index < -0.39 is 5.60 Å². The van der Waals surface area contributed by atoms with Gasteiger partial charge >= 0.3 is 6.09 Å². The zero-order valence-corrected chi connectivity index (χ0v) is 15.3. The summed E-state index contributed by atoms with van der Waals surface area (Å²) in [5, 5.41) is 2.22. The van der Waals surface area contributed by atoms with E-state index in [9.17, 15) is 4.79 Å². The molecule has 1 aromatic heterocycles. The van der Waals surface area contributed by atoms with Crippen molar-refractivity contribution in [3.8, 4) is 0 Å². The highest BCUT2D eigenvalue weighted by Gasteiger charge is 2.29. The van der Waals surface area contributed by atoms with Crippen LogP contribution < -0.4 is 0 Å². The van der Waals surface area contributed by atoms with E-state index in [4.69, 9.17) is 4.74 Å². The summed E-state index contributed by atoms with van der Waals surface area (Å²) in [6.07, 6.45) is 2.85. The zero-order valence-electron chi connectivity index (χ0n) is 14.4. The largest absolute Gasteiger partial charge is 0.444 e. The van der Waals surface area contributed by atoms with Gasteiger partial charge in [0.15, 0.2) is 0 Å². The van der Waals surface area contributed by atoms with Crippen LogP contribution in [0.5, 0.6) is 0 Å². The van der Waals surface area contributed by atoms with Crippen molar-refractivity contribution < 1.29 is 9.53 Å². The number of carbonyl (C=O) groups is 1.